The summed E-state index contributed by atoms with van der Waals surface area (Å²) in [5, 5.41) is 0. The molecule has 0 N–H and O–H groups in total. The first-order valence-corrected chi connectivity index (χ1v) is 8.85. The highest BCUT2D eigenvalue weighted by Crippen LogP contribution is 2.57. The van der Waals surface area contributed by atoms with E-state index < -0.39 is 0 Å². The van der Waals surface area contributed by atoms with E-state index in [0.29, 0.717) is 5.92 Å². The van der Waals surface area contributed by atoms with E-state index in [4.69, 9.17) is 0 Å². The van der Waals surface area contributed by atoms with Crippen molar-refractivity contribution in [2.24, 2.45) is 11.3 Å². The smallest absolute Gasteiger partial charge is 0.185 e. The Hall–Kier alpha value is -1.96. The molecule has 1 spiro atoms. The van der Waals surface area contributed by atoms with Crippen molar-refractivity contribution in [2.45, 2.75) is 44.9 Å². The average Bonchev–Trinajstić information content (AvgIpc) is 2.90. The molecule has 1 atom stereocenters. The fraction of sp³-hybridized carbons (Fsp3) is 0.429. The van der Waals surface area contributed by atoms with E-state index >= 15 is 0 Å². The number of rotatable bonds is 3. The molecule has 0 bridgehead atoms. The predicted octanol–water partition coefficient (Wildman–Crippen LogP) is 4.59. The van der Waals surface area contributed by atoms with E-state index in [1.807, 2.05) is 18.3 Å². The van der Waals surface area contributed by atoms with Crippen molar-refractivity contribution in [3.05, 3.63) is 65.5 Å². The van der Waals surface area contributed by atoms with E-state index in [-0.39, 0.29) is 11.2 Å². The molecule has 23 heavy (non-hydrogen) atoms. The van der Waals surface area contributed by atoms with Gasteiger partial charge in [-0.05, 0) is 55.4 Å². The molecular weight excluding hydrogens is 282 g/mol. The maximum absolute atomic E-state index is 12.3. The molecule has 3 aliphatic rings. The maximum Gasteiger partial charge on any atom is 0.185 e. The van der Waals surface area contributed by atoms with Crippen LogP contribution in [0.15, 0.2) is 59.8 Å². The number of hydrogen-bond donors (Lipinski definition) is 0. The zero-order valence-electron chi connectivity index (χ0n) is 13.5. The van der Waals surface area contributed by atoms with Crippen LogP contribution in [0.4, 0.5) is 0 Å². The molecule has 0 saturated heterocycles. The van der Waals surface area contributed by atoms with Gasteiger partial charge in [-0.1, -0.05) is 43.6 Å². The molecule has 118 valence electrons. The molecule has 2 nitrogen and oxygen atoms in total. The van der Waals surface area contributed by atoms with Crippen LogP contribution >= 0.6 is 0 Å². The minimum absolute atomic E-state index is 0.202. The lowest BCUT2D eigenvalue weighted by atomic mass is 9.62. The molecule has 0 radical (unpaired) electrons. The lowest BCUT2D eigenvalue weighted by molar-refractivity contribution is -0.111. The summed E-state index contributed by atoms with van der Waals surface area (Å²) in [5.74, 6) is 0.683. The van der Waals surface area contributed by atoms with Crippen molar-refractivity contribution in [3.8, 4) is 0 Å². The van der Waals surface area contributed by atoms with Gasteiger partial charge in [-0.3, -0.25) is 9.78 Å². The average molecular weight is 305 g/mol. The van der Waals surface area contributed by atoms with E-state index in [2.05, 4.69) is 29.3 Å². The first-order valence-electron chi connectivity index (χ1n) is 8.85. The topological polar surface area (TPSA) is 30.0 Å². The maximum atomic E-state index is 12.3. The van der Waals surface area contributed by atoms with Gasteiger partial charge < -0.3 is 0 Å². The standard InChI is InChI=1S/C21H23NO/c23-20-9-6-8-19-18(20)15-16(21(19)12-3-1-4-13-21)10-11-17-7-2-5-14-22-17/h2,5-9,14-16H,1,3-4,10-13H2. The lowest BCUT2D eigenvalue weighted by Gasteiger charge is -2.41. The van der Waals surface area contributed by atoms with E-state index in [0.717, 1.165) is 24.1 Å². The molecule has 2 heteroatoms. The summed E-state index contributed by atoms with van der Waals surface area (Å²) in [4.78, 5) is 16.8. The summed E-state index contributed by atoms with van der Waals surface area (Å²) in [6.07, 6.45) is 18.5. The Kier molecular flexibility index (Phi) is 3.76. The first kappa shape index (κ1) is 14.6. The van der Waals surface area contributed by atoms with Crippen molar-refractivity contribution in [1.29, 1.82) is 0 Å². The highest BCUT2D eigenvalue weighted by atomic mass is 16.1. The number of allylic oxidation sites excluding steroid dienone is 6. The molecule has 0 aromatic carbocycles. The summed E-state index contributed by atoms with van der Waals surface area (Å²) in [7, 11) is 0. The van der Waals surface area contributed by atoms with Gasteiger partial charge >= 0.3 is 0 Å². The number of ketones is 1. The van der Waals surface area contributed by atoms with Crippen LogP contribution in [-0.2, 0) is 11.2 Å². The molecule has 0 amide bonds. The lowest BCUT2D eigenvalue weighted by Crippen LogP contribution is -2.32. The van der Waals surface area contributed by atoms with Crippen molar-refractivity contribution >= 4 is 5.78 Å². The normalized spacial score (nSPS) is 25.2. The molecule has 0 aliphatic heterocycles. The van der Waals surface area contributed by atoms with Crippen LogP contribution in [0.1, 0.15) is 44.2 Å². The van der Waals surface area contributed by atoms with Gasteiger partial charge in [-0.15, -0.1) is 0 Å². The van der Waals surface area contributed by atoms with Crippen LogP contribution < -0.4 is 0 Å². The molecule has 1 saturated carbocycles. The summed E-state index contributed by atoms with van der Waals surface area (Å²) >= 11 is 0. The summed E-state index contributed by atoms with van der Waals surface area (Å²) in [6.45, 7) is 0. The van der Waals surface area contributed by atoms with Gasteiger partial charge in [0.15, 0.2) is 5.78 Å². The minimum Gasteiger partial charge on any atom is -0.289 e. The van der Waals surface area contributed by atoms with Gasteiger partial charge in [0.05, 0.1) is 0 Å². The van der Waals surface area contributed by atoms with Crippen LogP contribution in [0.2, 0.25) is 0 Å². The van der Waals surface area contributed by atoms with Gasteiger partial charge in [0.1, 0.15) is 0 Å². The number of carbonyl (C=O) groups excluding carboxylic acids is 1. The second kappa shape index (κ2) is 5.92. The summed E-state index contributed by atoms with van der Waals surface area (Å²) < 4.78 is 0. The van der Waals surface area contributed by atoms with Gasteiger partial charge in [0, 0.05) is 22.9 Å². The predicted molar refractivity (Wildman–Crippen MR) is 91.9 cm³/mol. The molecular formula is C21H23NO. The third-order valence-corrected chi connectivity index (χ3v) is 5.86. The van der Waals surface area contributed by atoms with Gasteiger partial charge in [-0.2, -0.15) is 0 Å². The van der Waals surface area contributed by atoms with Crippen LogP contribution in [-0.4, -0.2) is 10.8 Å². The number of fused-ring (bicyclic) bond motifs is 2. The Balaban J connectivity index is 1.62. The van der Waals surface area contributed by atoms with Crippen molar-refractivity contribution in [2.75, 3.05) is 0 Å². The number of aryl methyl sites for hydroxylation is 1. The van der Waals surface area contributed by atoms with E-state index in [1.54, 1.807) is 6.08 Å². The molecule has 3 aliphatic carbocycles. The van der Waals surface area contributed by atoms with Crippen molar-refractivity contribution in [3.63, 3.8) is 0 Å². The number of aromatic nitrogens is 1. The first-order chi connectivity index (χ1) is 11.3. The molecule has 1 heterocycles. The molecule has 1 aromatic rings. The zero-order chi connectivity index (χ0) is 15.7. The molecule has 1 fully saturated rings. The summed E-state index contributed by atoms with van der Waals surface area (Å²) in [5.41, 5.74) is 3.68. The highest BCUT2D eigenvalue weighted by molar-refractivity contribution is 6.09. The Labute approximate surface area is 138 Å². The van der Waals surface area contributed by atoms with Crippen LogP contribution in [0.25, 0.3) is 0 Å². The SMILES string of the molecule is O=C1C=CC=C2C1=CC(CCc1ccccn1)C21CCCCC1. The molecule has 1 aromatic heterocycles. The van der Waals surface area contributed by atoms with Crippen LogP contribution in [0.5, 0.6) is 0 Å². The monoisotopic (exact) mass is 305 g/mol. The number of pyridine rings is 1. The zero-order valence-corrected chi connectivity index (χ0v) is 13.5. The number of nitrogens with zero attached hydrogens (tertiary/aromatic N) is 1. The molecule has 1 unspecified atom stereocenters. The van der Waals surface area contributed by atoms with Crippen molar-refractivity contribution in [1.82, 2.24) is 4.98 Å². The fourth-order valence-electron chi connectivity index (χ4n) is 4.74. The fourth-order valence-corrected chi connectivity index (χ4v) is 4.74. The van der Waals surface area contributed by atoms with Gasteiger partial charge in [0.25, 0.3) is 0 Å². The second-order valence-electron chi connectivity index (χ2n) is 7.07. The van der Waals surface area contributed by atoms with Gasteiger partial charge in [0.2, 0.25) is 0 Å². The number of carbonyl (C=O) groups is 1. The third-order valence-electron chi connectivity index (χ3n) is 5.86. The van der Waals surface area contributed by atoms with E-state index in [9.17, 15) is 4.79 Å². The third kappa shape index (κ3) is 2.50. The minimum atomic E-state index is 0.202. The Morgan fingerprint density at radius 2 is 2.04 bits per heavy atom. The molecule has 4 rings (SSSR count). The van der Waals surface area contributed by atoms with Crippen LogP contribution in [0, 0.1) is 11.3 Å². The summed E-state index contributed by atoms with van der Waals surface area (Å²) in [6, 6.07) is 6.13. The Morgan fingerprint density at radius 3 is 2.83 bits per heavy atom. The largest absolute Gasteiger partial charge is 0.289 e. The van der Waals surface area contributed by atoms with Crippen LogP contribution in [0.3, 0.4) is 0 Å². The second-order valence-corrected chi connectivity index (χ2v) is 7.07. The number of hydrogen-bond acceptors (Lipinski definition) is 2. The van der Waals surface area contributed by atoms with Crippen molar-refractivity contribution < 1.29 is 4.79 Å². The Bertz CT molecular complexity index is 690. The van der Waals surface area contributed by atoms with Gasteiger partial charge in [-0.25, -0.2) is 0 Å². The highest BCUT2D eigenvalue weighted by Gasteiger charge is 2.48. The quantitative estimate of drug-likeness (QED) is 0.817. The Morgan fingerprint density at radius 1 is 1.17 bits per heavy atom. The van der Waals surface area contributed by atoms with E-state index in [1.165, 1.54) is 37.7 Å².